The van der Waals surface area contributed by atoms with E-state index >= 15 is 0 Å². The van der Waals surface area contributed by atoms with Crippen molar-refractivity contribution in [3.8, 4) is 11.5 Å². The maximum atomic E-state index is 13.3. The maximum absolute atomic E-state index is 13.3. The average Bonchev–Trinajstić information content (AvgIpc) is 3.13. The fourth-order valence-corrected chi connectivity index (χ4v) is 3.21. The van der Waals surface area contributed by atoms with E-state index in [0.717, 1.165) is 0 Å². The Labute approximate surface area is 180 Å². The van der Waals surface area contributed by atoms with Crippen molar-refractivity contribution in [2.24, 2.45) is 12.1 Å². The van der Waals surface area contributed by atoms with Crippen LogP contribution in [0.5, 0.6) is 11.5 Å². The molecule has 0 saturated carbocycles. The van der Waals surface area contributed by atoms with Crippen LogP contribution in [0.15, 0.2) is 57.2 Å². The van der Waals surface area contributed by atoms with E-state index in [4.69, 9.17) is 4.74 Å². The number of nitrogens with one attached hydrogen (secondary N) is 2. The van der Waals surface area contributed by atoms with Crippen LogP contribution in [0, 0.1) is 5.82 Å². The van der Waals surface area contributed by atoms with Crippen LogP contribution in [0.3, 0.4) is 0 Å². The molecule has 0 atom stereocenters. The number of nitrogens with zero attached hydrogens (tertiary/aromatic N) is 4. The number of benzene rings is 2. The second-order valence-electron chi connectivity index (χ2n) is 6.91. The Kier molecular flexibility index (Phi) is 5.46. The van der Waals surface area contributed by atoms with Crippen LogP contribution in [0.1, 0.15) is 11.1 Å². The summed E-state index contributed by atoms with van der Waals surface area (Å²) in [6, 6.07) is 10.7. The standard InChI is InChI=1S/C21H19FN6O4/c1-27-18-16(19(30)25-21(27)31)28(11-12-6-8-14(22)9-7-12)20(24-18)26-23-10-13-4-3-5-15(32-2)17(13)29/h3-10,29H,11H2,1-2H3,(H,24,26)(H,25,30,31)/b23-10-. The molecule has 0 aliphatic carbocycles. The Morgan fingerprint density at radius 1 is 1.25 bits per heavy atom. The summed E-state index contributed by atoms with van der Waals surface area (Å²) in [4.78, 5) is 31.1. The summed E-state index contributed by atoms with van der Waals surface area (Å²) in [5.74, 6) is -0.00146. The van der Waals surface area contributed by atoms with Crippen molar-refractivity contribution in [3.05, 3.63) is 80.2 Å². The summed E-state index contributed by atoms with van der Waals surface area (Å²) in [7, 11) is 2.92. The van der Waals surface area contributed by atoms with Gasteiger partial charge in [0.1, 0.15) is 5.82 Å². The van der Waals surface area contributed by atoms with E-state index in [2.05, 4.69) is 20.5 Å². The van der Waals surface area contributed by atoms with Gasteiger partial charge in [-0.05, 0) is 29.8 Å². The van der Waals surface area contributed by atoms with Gasteiger partial charge in [-0.15, -0.1) is 0 Å². The number of anilines is 1. The fourth-order valence-electron chi connectivity index (χ4n) is 3.21. The zero-order valence-corrected chi connectivity index (χ0v) is 17.2. The number of phenols is 1. The lowest BCUT2D eigenvalue weighted by atomic mass is 10.2. The number of halogens is 1. The van der Waals surface area contributed by atoms with Crippen molar-refractivity contribution in [3.63, 3.8) is 0 Å². The molecule has 0 amide bonds. The summed E-state index contributed by atoms with van der Waals surface area (Å²) >= 11 is 0. The number of hydrazone groups is 1. The molecule has 0 aliphatic heterocycles. The van der Waals surface area contributed by atoms with E-state index < -0.39 is 11.2 Å². The molecule has 4 rings (SSSR count). The van der Waals surface area contributed by atoms with Crippen LogP contribution in [0.2, 0.25) is 0 Å². The second-order valence-corrected chi connectivity index (χ2v) is 6.91. The van der Waals surface area contributed by atoms with Gasteiger partial charge in [0.05, 0.1) is 19.9 Å². The smallest absolute Gasteiger partial charge is 0.329 e. The van der Waals surface area contributed by atoms with Gasteiger partial charge in [-0.3, -0.25) is 18.9 Å². The van der Waals surface area contributed by atoms with Gasteiger partial charge in [0.2, 0.25) is 5.95 Å². The van der Waals surface area contributed by atoms with E-state index in [9.17, 15) is 19.1 Å². The molecule has 0 unspecified atom stereocenters. The first-order chi connectivity index (χ1) is 15.4. The molecule has 0 radical (unpaired) electrons. The highest BCUT2D eigenvalue weighted by Gasteiger charge is 2.17. The molecule has 4 aromatic rings. The van der Waals surface area contributed by atoms with Crippen molar-refractivity contribution in [1.29, 1.82) is 0 Å². The topological polar surface area (TPSA) is 127 Å². The molecule has 11 heteroatoms. The molecule has 164 valence electrons. The summed E-state index contributed by atoms with van der Waals surface area (Å²) in [5.41, 5.74) is 2.93. The fraction of sp³-hybridized carbons (Fsp3) is 0.143. The molecule has 0 aliphatic rings. The number of aromatic hydroxyl groups is 1. The number of phenolic OH excluding ortho intramolecular Hbond substituents is 1. The predicted octanol–water partition coefficient (Wildman–Crippen LogP) is 1.77. The zero-order chi connectivity index (χ0) is 22.8. The molecule has 0 bridgehead atoms. The third kappa shape index (κ3) is 3.83. The molecular weight excluding hydrogens is 419 g/mol. The Morgan fingerprint density at radius 2 is 2.00 bits per heavy atom. The van der Waals surface area contributed by atoms with Gasteiger partial charge in [-0.25, -0.2) is 14.6 Å². The van der Waals surface area contributed by atoms with Gasteiger partial charge in [-0.1, -0.05) is 18.2 Å². The molecular formula is C21H19FN6O4. The van der Waals surface area contributed by atoms with Crippen LogP contribution in [0.25, 0.3) is 11.2 Å². The maximum Gasteiger partial charge on any atom is 0.329 e. The zero-order valence-electron chi connectivity index (χ0n) is 17.2. The number of hydrogen-bond acceptors (Lipinski definition) is 7. The first-order valence-corrected chi connectivity index (χ1v) is 9.48. The Hall–Kier alpha value is -4.41. The molecule has 0 saturated heterocycles. The first kappa shape index (κ1) is 20.8. The summed E-state index contributed by atoms with van der Waals surface area (Å²) in [5, 5.41) is 14.3. The van der Waals surface area contributed by atoms with E-state index in [1.54, 1.807) is 30.3 Å². The molecule has 2 heterocycles. The minimum Gasteiger partial charge on any atom is -0.504 e. The molecule has 32 heavy (non-hydrogen) atoms. The second kappa shape index (κ2) is 8.38. The molecule has 10 nitrogen and oxygen atoms in total. The van der Waals surface area contributed by atoms with E-state index in [1.807, 2.05) is 0 Å². The third-order valence-electron chi connectivity index (χ3n) is 4.88. The van der Waals surface area contributed by atoms with Crippen LogP contribution in [0.4, 0.5) is 10.3 Å². The number of imidazole rings is 1. The monoisotopic (exact) mass is 438 g/mol. The number of ether oxygens (including phenoxy) is 1. The highest BCUT2D eigenvalue weighted by atomic mass is 19.1. The summed E-state index contributed by atoms with van der Waals surface area (Å²) in [6.07, 6.45) is 1.36. The number of aromatic nitrogens is 4. The molecule has 3 N–H and O–H groups in total. The van der Waals surface area contributed by atoms with Crippen molar-refractivity contribution in [2.75, 3.05) is 12.5 Å². The number of methoxy groups -OCH3 is 1. The van der Waals surface area contributed by atoms with Gasteiger partial charge < -0.3 is 9.84 Å². The lowest BCUT2D eigenvalue weighted by Crippen LogP contribution is -2.29. The Morgan fingerprint density at radius 3 is 2.72 bits per heavy atom. The largest absolute Gasteiger partial charge is 0.504 e. The molecule has 0 fully saturated rings. The van der Waals surface area contributed by atoms with Crippen molar-refractivity contribution in [1.82, 2.24) is 19.1 Å². The van der Waals surface area contributed by atoms with Crippen LogP contribution < -0.4 is 21.4 Å². The van der Waals surface area contributed by atoms with E-state index in [1.165, 1.54) is 41.6 Å². The number of fused-ring (bicyclic) bond motifs is 1. The highest BCUT2D eigenvalue weighted by Crippen LogP contribution is 2.28. The Bertz CT molecular complexity index is 1440. The number of aromatic amines is 1. The first-order valence-electron chi connectivity index (χ1n) is 9.48. The third-order valence-corrected chi connectivity index (χ3v) is 4.88. The van der Waals surface area contributed by atoms with Gasteiger partial charge in [-0.2, -0.15) is 10.1 Å². The normalized spacial score (nSPS) is 11.3. The lowest BCUT2D eigenvalue weighted by Gasteiger charge is -2.09. The minimum atomic E-state index is -0.611. The Balaban J connectivity index is 1.77. The number of rotatable bonds is 6. The SMILES string of the molecule is COc1cccc(/C=N\Nc2nc3c(c(=O)[nH]c(=O)n3C)n2Cc2ccc(F)cc2)c1O. The average molecular weight is 438 g/mol. The summed E-state index contributed by atoms with van der Waals surface area (Å²) in [6.45, 7) is 0.167. The predicted molar refractivity (Wildman–Crippen MR) is 117 cm³/mol. The summed E-state index contributed by atoms with van der Waals surface area (Å²) < 4.78 is 21.1. The molecule has 2 aromatic carbocycles. The van der Waals surface area contributed by atoms with Gasteiger partial charge in [0.15, 0.2) is 22.7 Å². The van der Waals surface area contributed by atoms with Gasteiger partial charge in [0.25, 0.3) is 5.56 Å². The number of H-pyrrole nitrogens is 1. The quantitative estimate of drug-likeness (QED) is 0.311. The van der Waals surface area contributed by atoms with Crippen LogP contribution in [-0.4, -0.2) is 37.5 Å². The number of hydrogen-bond donors (Lipinski definition) is 3. The highest BCUT2D eigenvalue weighted by molar-refractivity contribution is 5.85. The minimum absolute atomic E-state index is 0.0841. The van der Waals surface area contributed by atoms with Crippen molar-refractivity contribution in [2.45, 2.75) is 6.54 Å². The van der Waals surface area contributed by atoms with Crippen LogP contribution in [-0.2, 0) is 13.6 Å². The van der Waals surface area contributed by atoms with Crippen molar-refractivity contribution >= 4 is 23.3 Å². The van der Waals surface area contributed by atoms with Gasteiger partial charge >= 0.3 is 5.69 Å². The molecule has 2 aromatic heterocycles. The van der Waals surface area contributed by atoms with E-state index in [-0.39, 0.29) is 35.2 Å². The molecule has 0 spiro atoms. The number of para-hydroxylation sites is 1. The lowest BCUT2D eigenvalue weighted by molar-refractivity contribution is 0.373. The van der Waals surface area contributed by atoms with Crippen LogP contribution >= 0.6 is 0 Å². The van der Waals surface area contributed by atoms with Gasteiger partial charge in [0, 0.05) is 12.6 Å². The van der Waals surface area contributed by atoms with Crippen molar-refractivity contribution < 1.29 is 14.2 Å². The van der Waals surface area contributed by atoms with E-state index in [0.29, 0.717) is 16.9 Å². The number of aryl methyl sites for hydroxylation is 1.